The van der Waals surface area contributed by atoms with Gasteiger partial charge in [0, 0.05) is 57.0 Å². The fourth-order valence-electron chi connectivity index (χ4n) is 10.3. The predicted octanol–water partition coefficient (Wildman–Crippen LogP) is 15.6. The zero-order chi connectivity index (χ0) is 41.5. The Kier molecular flexibility index (Phi) is 8.17. The van der Waals surface area contributed by atoms with E-state index in [1.54, 1.807) is 11.3 Å². The zero-order valence-electron chi connectivity index (χ0n) is 33.9. The standard InChI is InChI=1S/C58H35N3S2/c1-3-18-36(19-4-1)58(37-20-5-2-6-21-37)47-31-12-9-25-43(47)52-45(29-16-32-48(52)58)56-59-55(60-57(61-56)46-30-15-28-41-39-23-10-13-33-49(39)63-54(41)46)42-24-8-7-22-38(42)40-27-17-35-51-53(40)44-26-11-14-34-50(44)62-51/h1-35H. The molecule has 0 N–H and O–H groups in total. The third kappa shape index (κ3) is 5.40. The molecular formula is C58H35N3S2. The number of benzene rings is 9. The van der Waals surface area contributed by atoms with E-state index in [1.165, 1.54) is 73.7 Å². The first kappa shape index (κ1) is 36.1. The third-order valence-electron chi connectivity index (χ3n) is 12.9. The highest BCUT2D eigenvalue weighted by Gasteiger charge is 2.47. The van der Waals surface area contributed by atoms with Crippen LogP contribution in [0.15, 0.2) is 212 Å². The summed E-state index contributed by atoms with van der Waals surface area (Å²) in [7, 11) is 0. The number of hydrogen-bond acceptors (Lipinski definition) is 5. The molecule has 0 atom stereocenters. The van der Waals surface area contributed by atoms with Crippen molar-refractivity contribution >= 4 is 63.0 Å². The molecule has 9 aromatic carbocycles. The minimum atomic E-state index is -0.555. The Bertz CT molecular complexity index is 3720. The Morgan fingerprint density at radius 1 is 0.302 bits per heavy atom. The lowest BCUT2D eigenvalue weighted by Gasteiger charge is -2.33. The fourth-order valence-corrected chi connectivity index (χ4v) is 12.6. The molecule has 0 fully saturated rings. The Labute approximate surface area is 372 Å². The number of aromatic nitrogens is 3. The summed E-state index contributed by atoms with van der Waals surface area (Å²) in [6, 6.07) is 76.7. The van der Waals surface area contributed by atoms with E-state index in [2.05, 4.69) is 212 Å². The molecular weight excluding hydrogens is 803 g/mol. The first-order valence-electron chi connectivity index (χ1n) is 21.3. The number of thiophene rings is 2. The molecule has 0 saturated heterocycles. The molecule has 5 heteroatoms. The van der Waals surface area contributed by atoms with Crippen LogP contribution in [0.4, 0.5) is 0 Å². The third-order valence-corrected chi connectivity index (χ3v) is 15.2. The van der Waals surface area contributed by atoms with Gasteiger partial charge in [-0.1, -0.05) is 188 Å². The summed E-state index contributed by atoms with van der Waals surface area (Å²) in [5, 5.41) is 4.96. The van der Waals surface area contributed by atoms with Crippen LogP contribution in [-0.4, -0.2) is 15.0 Å². The predicted molar refractivity (Wildman–Crippen MR) is 265 cm³/mol. The maximum absolute atomic E-state index is 5.57. The van der Waals surface area contributed by atoms with E-state index < -0.39 is 5.41 Å². The van der Waals surface area contributed by atoms with E-state index in [9.17, 15) is 0 Å². The number of fused-ring (bicyclic) bond motifs is 9. The average molecular weight is 838 g/mol. The van der Waals surface area contributed by atoms with Crippen LogP contribution in [0.2, 0.25) is 0 Å². The van der Waals surface area contributed by atoms with Gasteiger partial charge in [-0.25, -0.2) is 15.0 Å². The first-order chi connectivity index (χ1) is 31.3. The van der Waals surface area contributed by atoms with Crippen molar-refractivity contribution in [3.8, 4) is 56.4 Å². The van der Waals surface area contributed by atoms with Crippen LogP contribution in [0.1, 0.15) is 22.3 Å². The largest absolute Gasteiger partial charge is 0.208 e. The number of hydrogen-bond donors (Lipinski definition) is 0. The van der Waals surface area contributed by atoms with Crippen LogP contribution in [0.3, 0.4) is 0 Å². The summed E-state index contributed by atoms with van der Waals surface area (Å²) < 4.78 is 4.95. The SMILES string of the molecule is c1ccc(C2(c3ccccc3)c3ccccc3-c3c(-c4nc(-c5ccccc5-c5cccc6sc7ccccc7c56)nc(-c5cccc6c5sc5ccccc56)n4)cccc32)cc1. The highest BCUT2D eigenvalue weighted by molar-refractivity contribution is 7.26. The van der Waals surface area contributed by atoms with Crippen molar-refractivity contribution in [1.29, 1.82) is 0 Å². The lowest BCUT2D eigenvalue weighted by atomic mass is 9.67. The summed E-state index contributed by atoms with van der Waals surface area (Å²) in [4.78, 5) is 16.6. The topological polar surface area (TPSA) is 38.7 Å². The quantitative estimate of drug-likeness (QED) is 0.167. The van der Waals surface area contributed by atoms with E-state index in [4.69, 9.17) is 15.0 Å². The van der Waals surface area contributed by atoms with Gasteiger partial charge in [-0.2, -0.15) is 0 Å². The van der Waals surface area contributed by atoms with Crippen molar-refractivity contribution in [3.05, 3.63) is 235 Å². The molecule has 13 rings (SSSR count). The van der Waals surface area contributed by atoms with Crippen LogP contribution in [-0.2, 0) is 5.41 Å². The maximum Gasteiger partial charge on any atom is 0.165 e. The Morgan fingerprint density at radius 2 is 0.778 bits per heavy atom. The van der Waals surface area contributed by atoms with Crippen LogP contribution in [0.25, 0.3) is 96.8 Å². The summed E-state index contributed by atoms with van der Waals surface area (Å²) in [5.41, 5.74) is 11.9. The molecule has 1 aliphatic rings. The van der Waals surface area contributed by atoms with Crippen molar-refractivity contribution in [2.45, 2.75) is 5.41 Å². The van der Waals surface area contributed by atoms with Gasteiger partial charge in [0.15, 0.2) is 17.5 Å². The van der Waals surface area contributed by atoms with Gasteiger partial charge < -0.3 is 0 Å². The maximum atomic E-state index is 5.57. The molecule has 12 aromatic rings. The van der Waals surface area contributed by atoms with Gasteiger partial charge in [-0.3, -0.25) is 0 Å². The van der Waals surface area contributed by atoms with Crippen LogP contribution < -0.4 is 0 Å². The van der Waals surface area contributed by atoms with E-state index in [0.717, 1.165) is 27.8 Å². The lowest BCUT2D eigenvalue weighted by molar-refractivity contribution is 0.768. The van der Waals surface area contributed by atoms with Gasteiger partial charge in [-0.15, -0.1) is 22.7 Å². The van der Waals surface area contributed by atoms with Crippen molar-refractivity contribution in [1.82, 2.24) is 15.0 Å². The summed E-state index contributed by atoms with van der Waals surface area (Å²) >= 11 is 3.63. The Hall–Kier alpha value is -7.57. The average Bonchev–Trinajstić information content (AvgIpc) is 4.03. The smallest absolute Gasteiger partial charge is 0.165 e. The molecule has 0 aliphatic heterocycles. The molecule has 0 unspecified atom stereocenters. The molecule has 294 valence electrons. The minimum absolute atomic E-state index is 0.555. The number of nitrogens with zero attached hydrogens (tertiary/aromatic N) is 3. The normalized spacial score (nSPS) is 12.9. The van der Waals surface area contributed by atoms with Gasteiger partial charge >= 0.3 is 0 Å². The molecule has 3 heterocycles. The van der Waals surface area contributed by atoms with Gasteiger partial charge in [0.05, 0.1) is 5.41 Å². The molecule has 3 nitrogen and oxygen atoms in total. The minimum Gasteiger partial charge on any atom is -0.208 e. The lowest BCUT2D eigenvalue weighted by Crippen LogP contribution is -2.28. The van der Waals surface area contributed by atoms with Gasteiger partial charge in [-0.05, 0) is 68.8 Å². The molecule has 0 saturated carbocycles. The second kappa shape index (κ2) is 14.2. The molecule has 0 spiro atoms. The van der Waals surface area contributed by atoms with Crippen molar-refractivity contribution < 1.29 is 0 Å². The molecule has 0 amide bonds. The number of rotatable bonds is 6. The Morgan fingerprint density at radius 3 is 1.54 bits per heavy atom. The highest BCUT2D eigenvalue weighted by Crippen LogP contribution is 2.58. The van der Waals surface area contributed by atoms with E-state index >= 15 is 0 Å². The first-order valence-corrected chi connectivity index (χ1v) is 22.9. The zero-order valence-corrected chi connectivity index (χ0v) is 35.5. The van der Waals surface area contributed by atoms with Crippen LogP contribution in [0.5, 0.6) is 0 Å². The van der Waals surface area contributed by atoms with E-state index in [-0.39, 0.29) is 0 Å². The molecule has 63 heavy (non-hydrogen) atoms. The summed E-state index contributed by atoms with van der Waals surface area (Å²) in [5.74, 6) is 1.94. The van der Waals surface area contributed by atoms with Crippen molar-refractivity contribution in [3.63, 3.8) is 0 Å². The second-order valence-electron chi connectivity index (χ2n) is 16.2. The van der Waals surface area contributed by atoms with Gasteiger partial charge in [0.25, 0.3) is 0 Å². The van der Waals surface area contributed by atoms with Gasteiger partial charge in [0.1, 0.15) is 0 Å². The van der Waals surface area contributed by atoms with Crippen molar-refractivity contribution in [2.75, 3.05) is 0 Å². The Balaban J connectivity index is 1.11. The molecule has 0 radical (unpaired) electrons. The summed E-state index contributed by atoms with van der Waals surface area (Å²) in [6.07, 6.45) is 0. The monoisotopic (exact) mass is 837 g/mol. The second-order valence-corrected chi connectivity index (χ2v) is 18.3. The van der Waals surface area contributed by atoms with Crippen molar-refractivity contribution in [2.24, 2.45) is 0 Å². The molecule has 1 aliphatic carbocycles. The molecule has 3 aromatic heterocycles. The van der Waals surface area contributed by atoms with E-state index in [1.807, 2.05) is 11.3 Å². The highest BCUT2D eigenvalue weighted by atomic mass is 32.1. The fraction of sp³-hybridized carbons (Fsp3) is 0.0172. The van der Waals surface area contributed by atoms with Crippen LogP contribution >= 0.6 is 22.7 Å². The van der Waals surface area contributed by atoms with E-state index in [0.29, 0.717) is 17.5 Å². The summed E-state index contributed by atoms with van der Waals surface area (Å²) in [6.45, 7) is 0. The van der Waals surface area contributed by atoms with Gasteiger partial charge in [0.2, 0.25) is 0 Å². The molecule has 0 bridgehead atoms. The van der Waals surface area contributed by atoms with Crippen LogP contribution in [0, 0.1) is 0 Å².